The predicted molar refractivity (Wildman–Crippen MR) is 70.0 cm³/mol. The van der Waals surface area contributed by atoms with Gasteiger partial charge in [-0.15, -0.1) is 5.10 Å². The summed E-state index contributed by atoms with van der Waals surface area (Å²) < 4.78 is 9.55. The van der Waals surface area contributed by atoms with Crippen molar-refractivity contribution in [2.75, 3.05) is 12.4 Å². The first-order chi connectivity index (χ1) is 8.20. The number of hydrogen-bond acceptors (Lipinski definition) is 5. The topological polar surface area (TPSA) is 47.0 Å². The number of nitrogens with one attached hydrogen (secondary N) is 1. The third-order valence-corrected chi connectivity index (χ3v) is 3.32. The summed E-state index contributed by atoms with van der Waals surface area (Å²) in [6, 6.07) is 5.57. The Morgan fingerprint density at radius 3 is 3.06 bits per heavy atom. The van der Waals surface area contributed by atoms with Gasteiger partial charge in [-0.05, 0) is 24.6 Å². The minimum atomic E-state index is 0.383. The lowest BCUT2D eigenvalue weighted by molar-refractivity contribution is 0.299. The SMILES string of the molecule is CNc1snnc1COc1cc(Cl)ccc1C. The normalized spacial score (nSPS) is 10.3. The Morgan fingerprint density at radius 2 is 2.29 bits per heavy atom. The molecule has 0 aliphatic carbocycles. The monoisotopic (exact) mass is 269 g/mol. The van der Waals surface area contributed by atoms with Crippen LogP contribution < -0.4 is 10.1 Å². The van der Waals surface area contributed by atoms with Gasteiger partial charge in [0.1, 0.15) is 23.1 Å². The third-order valence-electron chi connectivity index (χ3n) is 2.30. The van der Waals surface area contributed by atoms with E-state index in [9.17, 15) is 0 Å². The second-order valence-corrected chi connectivity index (χ2v) is 4.69. The van der Waals surface area contributed by atoms with E-state index in [1.807, 2.05) is 26.1 Å². The van der Waals surface area contributed by atoms with Crippen molar-refractivity contribution in [3.63, 3.8) is 0 Å². The van der Waals surface area contributed by atoms with Crippen LogP contribution in [-0.4, -0.2) is 16.6 Å². The highest BCUT2D eigenvalue weighted by atomic mass is 35.5. The number of aromatic nitrogens is 2. The molecule has 6 heteroatoms. The number of hydrogen-bond donors (Lipinski definition) is 1. The molecule has 4 nitrogen and oxygen atoms in total. The molecular formula is C11H12ClN3OS. The molecule has 1 N–H and O–H groups in total. The first-order valence-corrected chi connectivity index (χ1v) is 6.24. The van der Waals surface area contributed by atoms with Gasteiger partial charge in [0.15, 0.2) is 0 Å². The summed E-state index contributed by atoms with van der Waals surface area (Å²) >= 11 is 7.23. The lowest BCUT2D eigenvalue weighted by atomic mass is 10.2. The number of halogens is 1. The molecule has 0 saturated heterocycles. The summed E-state index contributed by atoms with van der Waals surface area (Å²) in [6.07, 6.45) is 0. The van der Waals surface area contributed by atoms with E-state index in [0.29, 0.717) is 11.6 Å². The van der Waals surface area contributed by atoms with Gasteiger partial charge in [-0.2, -0.15) is 0 Å². The summed E-state index contributed by atoms with van der Waals surface area (Å²) in [6.45, 7) is 2.36. The van der Waals surface area contributed by atoms with Crippen LogP contribution in [0.5, 0.6) is 5.75 Å². The van der Waals surface area contributed by atoms with Crippen LogP contribution >= 0.6 is 23.1 Å². The van der Waals surface area contributed by atoms with Gasteiger partial charge in [-0.1, -0.05) is 22.2 Å². The Balaban J connectivity index is 2.09. The number of nitrogens with zero attached hydrogens (tertiary/aromatic N) is 2. The second kappa shape index (κ2) is 5.33. The average Bonchev–Trinajstić information content (AvgIpc) is 2.77. The van der Waals surface area contributed by atoms with Crippen LogP contribution in [0.15, 0.2) is 18.2 Å². The number of rotatable bonds is 4. The molecule has 0 aliphatic heterocycles. The molecule has 0 amide bonds. The molecule has 0 saturated carbocycles. The lowest BCUT2D eigenvalue weighted by Gasteiger charge is -2.08. The quantitative estimate of drug-likeness (QED) is 0.926. The molecule has 2 aromatic rings. The maximum atomic E-state index is 5.92. The van der Waals surface area contributed by atoms with Crippen LogP contribution in [0.4, 0.5) is 5.00 Å². The first kappa shape index (κ1) is 12.1. The van der Waals surface area contributed by atoms with Crippen molar-refractivity contribution in [1.29, 1.82) is 0 Å². The zero-order valence-corrected chi connectivity index (χ0v) is 11.1. The third kappa shape index (κ3) is 2.87. The minimum absolute atomic E-state index is 0.383. The van der Waals surface area contributed by atoms with Gasteiger partial charge in [0.05, 0.1) is 0 Å². The van der Waals surface area contributed by atoms with Gasteiger partial charge < -0.3 is 10.1 Å². The summed E-state index contributed by atoms with van der Waals surface area (Å²) in [5.41, 5.74) is 1.85. The Morgan fingerprint density at radius 1 is 1.47 bits per heavy atom. The van der Waals surface area contributed by atoms with E-state index in [1.165, 1.54) is 11.5 Å². The number of aryl methyl sites for hydroxylation is 1. The fourth-order valence-electron chi connectivity index (χ4n) is 1.37. The molecule has 90 valence electrons. The molecule has 0 unspecified atom stereocenters. The van der Waals surface area contributed by atoms with E-state index in [1.54, 1.807) is 6.07 Å². The molecule has 0 spiro atoms. The molecule has 1 aromatic heterocycles. The maximum absolute atomic E-state index is 5.92. The summed E-state index contributed by atoms with van der Waals surface area (Å²) in [5, 5.41) is 8.61. The minimum Gasteiger partial charge on any atom is -0.487 e. The van der Waals surface area contributed by atoms with Gasteiger partial charge in [-0.3, -0.25) is 0 Å². The van der Waals surface area contributed by atoms with Crippen molar-refractivity contribution in [1.82, 2.24) is 9.59 Å². The molecule has 1 aromatic carbocycles. The van der Waals surface area contributed by atoms with Crippen molar-refractivity contribution in [2.45, 2.75) is 13.5 Å². The largest absolute Gasteiger partial charge is 0.487 e. The second-order valence-electron chi connectivity index (χ2n) is 3.50. The first-order valence-electron chi connectivity index (χ1n) is 5.08. The number of ether oxygens (including phenoxy) is 1. The standard InChI is InChI=1S/C11H12ClN3OS/c1-7-3-4-8(12)5-10(7)16-6-9-11(13-2)17-15-14-9/h3-5,13H,6H2,1-2H3. The average molecular weight is 270 g/mol. The molecular weight excluding hydrogens is 258 g/mol. The van der Waals surface area contributed by atoms with Crippen LogP contribution in [0, 0.1) is 6.92 Å². The van der Waals surface area contributed by atoms with Crippen molar-refractivity contribution in [2.24, 2.45) is 0 Å². The van der Waals surface area contributed by atoms with Gasteiger partial charge in [0, 0.05) is 23.6 Å². The van der Waals surface area contributed by atoms with E-state index in [4.69, 9.17) is 16.3 Å². The van der Waals surface area contributed by atoms with Crippen molar-refractivity contribution in [3.8, 4) is 5.75 Å². The molecule has 2 rings (SSSR count). The fourth-order valence-corrected chi connectivity index (χ4v) is 2.05. The molecule has 0 aliphatic rings. The van der Waals surface area contributed by atoms with Crippen molar-refractivity contribution >= 4 is 28.1 Å². The molecule has 1 heterocycles. The van der Waals surface area contributed by atoms with Crippen LogP contribution in [-0.2, 0) is 6.61 Å². The highest BCUT2D eigenvalue weighted by Crippen LogP contribution is 2.25. The molecule has 0 atom stereocenters. The van der Waals surface area contributed by atoms with E-state index in [-0.39, 0.29) is 0 Å². The maximum Gasteiger partial charge on any atom is 0.136 e. The highest BCUT2D eigenvalue weighted by molar-refractivity contribution is 7.10. The highest BCUT2D eigenvalue weighted by Gasteiger charge is 2.08. The van der Waals surface area contributed by atoms with Crippen LogP contribution in [0.25, 0.3) is 0 Å². The molecule has 0 radical (unpaired) electrons. The summed E-state index contributed by atoms with van der Waals surface area (Å²) in [4.78, 5) is 0. The van der Waals surface area contributed by atoms with Crippen molar-refractivity contribution < 1.29 is 4.74 Å². The van der Waals surface area contributed by atoms with Gasteiger partial charge >= 0.3 is 0 Å². The van der Waals surface area contributed by atoms with E-state index < -0.39 is 0 Å². The Labute approximate surface area is 109 Å². The fraction of sp³-hybridized carbons (Fsp3) is 0.273. The zero-order chi connectivity index (χ0) is 12.3. The van der Waals surface area contributed by atoms with E-state index >= 15 is 0 Å². The summed E-state index contributed by atoms with van der Waals surface area (Å²) in [7, 11) is 1.84. The number of anilines is 1. The Bertz CT molecular complexity index is 515. The predicted octanol–water partition coefficient (Wildman–Crippen LogP) is 3.12. The van der Waals surface area contributed by atoms with Gasteiger partial charge in [0.25, 0.3) is 0 Å². The zero-order valence-electron chi connectivity index (χ0n) is 9.53. The van der Waals surface area contributed by atoms with Crippen LogP contribution in [0.2, 0.25) is 5.02 Å². The van der Waals surface area contributed by atoms with Gasteiger partial charge in [-0.25, -0.2) is 0 Å². The number of benzene rings is 1. The van der Waals surface area contributed by atoms with E-state index in [0.717, 1.165) is 22.0 Å². The molecule has 0 bridgehead atoms. The van der Waals surface area contributed by atoms with Crippen LogP contribution in [0.1, 0.15) is 11.3 Å². The smallest absolute Gasteiger partial charge is 0.136 e. The van der Waals surface area contributed by atoms with Gasteiger partial charge in [0.2, 0.25) is 0 Å². The Hall–Kier alpha value is -1.33. The molecule has 17 heavy (non-hydrogen) atoms. The Kier molecular flexibility index (Phi) is 3.81. The summed E-state index contributed by atoms with van der Waals surface area (Å²) in [5.74, 6) is 0.771. The lowest BCUT2D eigenvalue weighted by Crippen LogP contribution is -2.00. The molecule has 0 fully saturated rings. The van der Waals surface area contributed by atoms with Crippen molar-refractivity contribution in [3.05, 3.63) is 34.5 Å². The van der Waals surface area contributed by atoms with Crippen LogP contribution in [0.3, 0.4) is 0 Å². The van der Waals surface area contributed by atoms with E-state index in [2.05, 4.69) is 14.9 Å².